The fourth-order valence-corrected chi connectivity index (χ4v) is 2.41. The molecule has 3 N–H and O–H groups in total. The van der Waals surface area contributed by atoms with Crippen molar-refractivity contribution in [2.75, 3.05) is 18.2 Å². The second kappa shape index (κ2) is 7.27. The number of nitrogens with two attached hydrogens (primary N) is 1. The zero-order valence-corrected chi connectivity index (χ0v) is 14.5. The zero-order valence-electron chi connectivity index (χ0n) is 13.8. The molecule has 0 saturated heterocycles. The lowest BCUT2D eigenvalue weighted by molar-refractivity contribution is 0.374. The van der Waals surface area contributed by atoms with Crippen molar-refractivity contribution in [2.24, 2.45) is 0 Å². The number of nitrogens with zero attached hydrogens (tertiary/aromatic N) is 2. The van der Waals surface area contributed by atoms with Crippen LogP contribution in [0.5, 0.6) is 17.4 Å². The summed E-state index contributed by atoms with van der Waals surface area (Å²) in [6.07, 6.45) is 1.38. The van der Waals surface area contributed by atoms with Crippen molar-refractivity contribution in [3.05, 3.63) is 59.4 Å². The van der Waals surface area contributed by atoms with Gasteiger partial charge in [0.2, 0.25) is 5.88 Å². The van der Waals surface area contributed by atoms with Crippen molar-refractivity contribution >= 4 is 28.8 Å². The number of nitrogen functional groups attached to an aromatic ring is 1. The van der Waals surface area contributed by atoms with Crippen molar-refractivity contribution < 1.29 is 9.47 Å². The van der Waals surface area contributed by atoms with Gasteiger partial charge in [0.15, 0.2) is 17.3 Å². The summed E-state index contributed by atoms with van der Waals surface area (Å²) in [7, 11) is 1.57. The van der Waals surface area contributed by atoms with Gasteiger partial charge in [-0.05, 0) is 36.8 Å². The molecule has 2 aromatic carbocycles. The lowest BCUT2D eigenvalue weighted by atomic mass is 10.2. The first kappa shape index (κ1) is 16.9. The Kier molecular flexibility index (Phi) is 4.90. The van der Waals surface area contributed by atoms with Crippen molar-refractivity contribution in [2.45, 2.75) is 6.92 Å². The maximum absolute atomic E-state index is 6.17. The molecular weight excluding hydrogens is 340 g/mol. The van der Waals surface area contributed by atoms with Crippen molar-refractivity contribution in [3.8, 4) is 17.4 Å². The third kappa shape index (κ3) is 3.59. The number of hydrogen-bond acceptors (Lipinski definition) is 6. The number of halogens is 1. The first-order valence-electron chi connectivity index (χ1n) is 7.53. The Morgan fingerprint density at radius 1 is 1.04 bits per heavy atom. The SMILES string of the molecule is COc1ccccc1Oc1ncnc(Nc2cccc(Cl)c2C)c1N. The molecule has 1 aromatic heterocycles. The molecule has 0 bridgehead atoms. The fraction of sp³-hybridized carbons (Fsp3) is 0.111. The van der Waals surface area contributed by atoms with E-state index in [1.54, 1.807) is 19.2 Å². The van der Waals surface area contributed by atoms with Gasteiger partial charge >= 0.3 is 0 Å². The van der Waals surface area contributed by atoms with Crippen LogP contribution in [-0.4, -0.2) is 17.1 Å². The van der Waals surface area contributed by atoms with Crippen LogP contribution in [0.25, 0.3) is 0 Å². The molecule has 7 heteroatoms. The molecule has 0 aliphatic heterocycles. The highest BCUT2D eigenvalue weighted by Gasteiger charge is 2.14. The lowest BCUT2D eigenvalue weighted by Crippen LogP contribution is -2.04. The molecule has 0 radical (unpaired) electrons. The van der Waals surface area contributed by atoms with Gasteiger partial charge in [0.05, 0.1) is 7.11 Å². The molecule has 0 saturated carbocycles. The minimum Gasteiger partial charge on any atom is -0.493 e. The number of aromatic nitrogens is 2. The van der Waals surface area contributed by atoms with Gasteiger partial charge < -0.3 is 20.5 Å². The van der Waals surface area contributed by atoms with Gasteiger partial charge in [0, 0.05) is 10.7 Å². The Balaban J connectivity index is 1.91. The van der Waals surface area contributed by atoms with Crippen LogP contribution in [0.4, 0.5) is 17.2 Å². The molecule has 0 atom stereocenters. The predicted molar refractivity (Wildman–Crippen MR) is 99.0 cm³/mol. The number of ether oxygens (including phenoxy) is 2. The van der Waals surface area contributed by atoms with Gasteiger partial charge in [0.25, 0.3) is 0 Å². The topological polar surface area (TPSA) is 82.3 Å². The molecule has 0 aliphatic rings. The Labute approximate surface area is 150 Å². The Morgan fingerprint density at radius 2 is 1.80 bits per heavy atom. The fourth-order valence-electron chi connectivity index (χ4n) is 2.24. The normalized spacial score (nSPS) is 10.4. The second-order valence-electron chi connectivity index (χ2n) is 5.23. The number of rotatable bonds is 5. The molecule has 25 heavy (non-hydrogen) atoms. The first-order chi connectivity index (χ1) is 12.1. The summed E-state index contributed by atoms with van der Waals surface area (Å²) in [4.78, 5) is 8.30. The smallest absolute Gasteiger partial charge is 0.248 e. The number of hydrogen-bond donors (Lipinski definition) is 2. The number of para-hydroxylation sites is 2. The highest BCUT2D eigenvalue weighted by atomic mass is 35.5. The third-order valence-corrected chi connectivity index (χ3v) is 4.05. The van der Waals surface area contributed by atoms with Crippen LogP contribution in [0.1, 0.15) is 5.56 Å². The van der Waals surface area contributed by atoms with Gasteiger partial charge in [-0.1, -0.05) is 29.8 Å². The van der Waals surface area contributed by atoms with E-state index in [0.29, 0.717) is 22.3 Å². The Morgan fingerprint density at radius 3 is 2.56 bits per heavy atom. The highest BCUT2D eigenvalue weighted by molar-refractivity contribution is 6.31. The summed E-state index contributed by atoms with van der Waals surface area (Å²) < 4.78 is 11.1. The number of benzene rings is 2. The van der Waals surface area contributed by atoms with E-state index in [-0.39, 0.29) is 11.6 Å². The average Bonchev–Trinajstić information content (AvgIpc) is 2.62. The minimum absolute atomic E-state index is 0.238. The van der Waals surface area contributed by atoms with E-state index in [9.17, 15) is 0 Å². The van der Waals surface area contributed by atoms with Crippen LogP contribution in [0, 0.1) is 6.92 Å². The van der Waals surface area contributed by atoms with E-state index in [2.05, 4.69) is 15.3 Å². The molecule has 0 unspecified atom stereocenters. The largest absolute Gasteiger partial charge is 0.493 e. The monoisotopic (exact) mass is 356 g/mol. The summed E-state index contributed by atoms with van der Waals surface area (Å²) in [6, 6.07) is 12.8. The van der Waals surface area contributed by atoms with Crippen LogP contribution in [0.15, 0.2) is 48.8 Å². The van der Waals surface area contributed by atoms with E-state index >= 15 is 0 Å². The van der Waals surface area contributed by atoms with Crippen molar-refractivity contribution in [1.29, 1.82) is 0 Å². The summed E-state index contributed by atoms with van der Waals surface area (Å²) in [6.45, 7) is 1.91. The lowest BCUT2D eigenvalue weighted by Gasteiger charge is -2.14. The molecule has 3 aromatic rings. The van der Waals surface area contributed by atoms with E-state index in [1.165, 1.54) is 6.33 Å². The van der Waals surface area contributed by atoms with Crippen molar-refractivity contribution in [3.63, 3.8) is 0 Å². The number of methoxy groups -OCH3 is 1. The van der Waals surface area contributed by atoms with Gasteiger partial charge in [-0.2, -0.15) is 4.98 Å². The molecule has 0 aliphatic carbocycles. The molecule has 128 valence electrons. The summed E-state index contributed by atoms with van der Waals surface area (Å²) >= 11 is 6.15. The van der Waals surface area contributed by atoms with E-state index in [1.807, 2.05) is 37.3 Å². The maximum Gasteiger partial charge on any atom is 0.248 e. The third-order valence-electron chi connectivity index (χ3n) is 3.64. The first-order valence-corrected chi connectivity index (χ1v) is 7.91. The van der Waals surface area contributed by atoms with Crippen LogP contribution in [0.3, 0.4) is 0 Å². The summed E-state index contributed by atoms with van der Waals surface area (Å²) in [5.41, 5.74) is 8.16. The molecule has 0 amide bonds. The van der Waals surface area contributed by atoms with Crippen LogP contribution < -0.4 is 20.5 Å². The Bertz CT molecular complexity index is 902. The summed E-state index contributed by atoms with van der Waals surface area (Å²) in [5.74, 6) is 1.77. The predicted octanol–water partition coefficient (Wildman–Crippen LogP) is 4.57. The van der Waals surface area contributed by atoms with Crippen molar-refractivity contribution in [1.82, 2.24) is 9.97 Å². The molecule has 3 rings (SSSR count). The second-order valence-corrected chi connectivity index (χ2v) is 5.64. The quantitative estimate of drug-likeness (QED) is 0.697. The van der Waals surface area contributed by atoms with Gasteiger partial charge in [-0.25, -0.2) is 4.98 Å². The molecular formula is C18H17ClN4O2. The number of nitrogens with one attached hydrogen (secondary N) is 1. The van der Waals surface area contributed by atoms with Gasteiger partial charge in [-0.3, -0.25) is 0 Å². The zero-order chi connectivity index (χ0) is 17.8. The minimum atomic E-state index is 0.238. The molecule has 1 heterocycles. The van der Waals surface area contributed by atoms with Gasteiger partial charge in [-0.15, -0.1) is 0 Å². The van der Waals surface area contributed by atoms with Crippen LogP contribution in [0.2, 0.25) is 5.02 Å². The van der Waals surface area contributed by atoms with Gasteiger partial charge in [0.1, 0.15) is 12.0 Å². The number of anilines is 3. The van der Waals surface area contributed by atoms with Crippen LogP contribution in [-0.2, 0) is 0 Å². The van der Waals surface area contributed by atoms with E-state index in [0.717, 1.165) is 11.3 Å². The van der Waals surface area contributed by atoms with Crippen LogP contribution >= 0.6 is 11.6 Å². The van der Waals surface area contributed by atoms with E-state index < -0.39 is 0 Å². The summed E-state index contributed by atoms with van der Waals surface area (Å²) in [5, 5.41) is 3.82. The van der Waals surface area contributed by atoms with E-state index in [4.69, 9.17) is 26.8 Å². The molecule has 0 spiro atoms. The standard InChI is InChI=1S/C18H17ClN4O2/c1-11-12(19)6-5-7-13(11)23-17-16(20)18(22-10-21-17)25-15-9-4-3-8-14(15)24-2/h3-10H,20H2,1-2H3,(H,21,22,23). The average molecular weight is 357 g/mol. The molecule has 6 nitrogen and oxygen atoms in total. The Hall–Kier alpha value is -2.99. The maximum atomic E-state index is 6.17. The molecule has 0 fully saturated rings. The highest BCUT2D eigenvalue weighted by Crippen LogP contribution is 2.35.